The van der Waals surface area contributed by atoms with Crippen LogP contribution in [0.3, 0.4) is 0 Å². The summed E-state index contributed by atoms with van der Waals surface area (Å²) >= 11 is 0. The molecule has 1 aromatic rings. The maximum absolute atomic E-state index is 12.5. The summed E-state index contributed by atoms with van der Waals surface area (Å²) in [5, 5.41) is 10.0. The summed E-state index contributed by atoms with van der Waals surface area (Å²) in [5.74, 6) is -1.60. The number of carbonyl (C=O) groups excluding carboxylic acids is 1. The topological polar surface area (TPSA) is 90.8 Å². The number of sulfonamides is 1. The summed E-state index contributed by atoms with van der Waals surface area (Å²) in [6, 6.07) is 1.71. The van der Waals surface area contributed by atoms with Crippen LogP contribution in [0.2, 0.25) is 0 Å². The SMILES string of the molecule is CN(C)S(=O)(=O)C[C@@H]1CN(C(=O)c2ccc(C(F)(F)F)nc2)C[C@@H]1O. The van der Waals surface area contributed by atoms with Gasteiger partial charge in [-0.25, -0.2) is 12.7 Å². The van der Waals surface area contributed by atoms with E-state index in [0.29, 0.717) is 6.07 Å². The van der Waals surface area contributed by atoms with Gasteiger partial charge in [0.15, 0.2) is 0 Å². The number of aliphatic hydroxyl groups excluding tert-OH is 1. The van der Waals surface area contributed by atoms with Crippen molar-refractivity contribution >= 4 is 15.9 Å². The number of halogens is 3. The molecule has 1 aromatic heterocycles. The fourth-order valence-electron chi connectivity index (χ4n) is 2.47. The predicted octanol–water partition coefficient (Wildman–Crippen LogP) is 0.425. The highest BCUT2D eigenvalue weighted by Crippen LogP contribution is 2.28. The molecule has 1 aliphatic rings. The molecule has 140 valence electrons. The van der Waals surface area contributed by atoms with Crippen LogP contribution >= 0.6 is 0 Å². The Morgan fingerprint density at radius 3 is 2.48 bits per heavy atom. The van der Waals surface area contributed by atoms with E-state index in [1.807, 2.05) is 0 Å². The van der Waals surface area contributed by atoms with Gasteiger partial charge in [0.2, 0.25) is 10.0 Å². The van der Waals surface area contributed by atoms with E-state index in [9.17, 15) is 31.5 Å². The molecule has 1 amide bonds. The molecule has 0 radical (unpaired) electrons. The van der Waals surface area contributed by atoms with Crippen molar-refractivity contribution in [1.29, 1.82) is 0 Å². The Hall–Kier alpha value is -1.72. The van der Waals surface area contributed by atoms with Crippen molar-refractivity contribution in [3.8, 4) is 0 Å². The first-order valence-corrected chi connectivity index (χ1v) is 8.93. The number of nitrogens with zero attached hydrogens (tertiary/aromatic N) is 3. The number of β-amino-alcohol motifs (C(OH)–C–C–N with tert-alkyl or cyclic N) is 1. The van der Waals surface area contributed by atoms with Gasteiger partial charge in [-0.2, -0.15) is 13.2 Å². The zero-order chi connectivity index (χ0) is 19.0. The van der Waals surface area contributed by atoms with Crippen molar-refractivity contribution in [2.75, 3.05) is 32.9 Å². The molecule has 0 unspecified atom stereocenters. The second-order valence-corrected chi connectivity index (χ2v) is 8.26. The van der Waals surface area contributed by atoms with E-state index in [-0.39, 0.29) is 24.4 Å². The predicted molar refractivity (Wildman–Crippen MR) is 82.1 cm³/mol. The molecule has 2 rings (SSSR count). The molecule has 25 heavy (non-hydrogen) atoms. The Morgan fingerprint density at radius 1 is 1.36 bits per heavy atom. The van der Waals surface area contributed by atoms with E-state index in [4.69, 9.17) is 0 Å². The smallest absolute Gasteiger partial charge is 0.391 e. The van der Waals surface area contributed by atoms with E-state index < -0.39 is 39.8 Å². The minimum absolute atomic E-state index is 0.00586. The lowest BCUT2D eigenvalue weighted by atomic mass is 10.1. The molecule has 0 spiro atoms. The third-order valence-corrected chi connectivity index (χ3v) is 5.94. The number of alkyl halides is 3. The molecular weight excluding hydrogens is 363 g/mol. The minimum Gasteiger partial charge on any atom is -0.391 e. The molecule has 7 nitrogen and oxygen atoms in total. The van der Waals surface area contributed by atoms with E-state index in [1.165, 1.54) is 19.0 Å². The van der Waals surface area contributed by atoms with Crippen LogP contribution in [0.1, 0.15) is 16.1 Å². The molecule has 11 heteroatoms. The summed E-state index contributed by atoms with van der Waals surface area (Å²) < 4.78 is 62.3. The van der Waals surface area contributed by atoms with Gasteiger partial charge in [0.05, 0.1) is 17.4 Å². The number of pyridine rings is 1. The van der Waals surface area contributed by atoms with Crippen molar-refractivity contribution in [2.24, 2.45) is 5.92 Å². The van der Waals surface area contributed by atoms with Crippen LogP contribution in [0.4, 0.5) is 13.2 Å². The molecule has 0 aromatic carbocycles. The van der Waals surface area contributed by atoms with Crippen molar-refractivity contribution in [2.45, 2.75) is 12.3 Å². The summed E-state index contributed by atoms with van der Waals surface area (Å²) in [6.45, 7) is -0.0957. The number of likely N-dealkylation sites (tertiary alicyclic amines) is 1. The molecule has 1 saturated heterocycles. The molecule has 0 bridgehead atoms. The lowest BCUT2D eigenvalue weighted by Crippen LogP contribution is -2.33. The van der Waals surface area contributed by atoms with Crippen LogP contribution in [-0.2, 0) is 16.2 Å². The summed E-state index contributed by atoms with van der Waals surface area (Å²) in [6.07, 6.45) is -4.81. The van der Waals surface area contributed by atoms with Gasteiger partial charge in [-0.15, -0.1) is 0 Å². The van der Waals surface area contributed by atoms with Crippen molar-refractivity contribution in [3.05, 3.63) is 29.6 Å². The van der Waals surface area contributed by atoms with Gasteiger partial charge in [0.1, 0.15) is 5.69 Å². The molecule has 1 aliphatic heterocycles. The average molecular weight is 381 g/mol. The Morgan fingerprint density at radius 2 is 2.00 bits per heavy atom. The maximum atomic E-state index is 12.5. The number of aliphatic hydroxyl groups is 1. The lowest BCUT2D eigenvalue weighted by Gasteiger charge is -2.18. The molecular formula is C14H18F3N3O4S. The van der Waals surface area contributed by atoms with Crippen molar-refractivity contribution < 1.29 is 31.5 Å². The Bertz CT molecular complexity index is 735. The maximum Gasteiger partial charge on any atom is 0.433 e. The van der Waals surface area contributed by atoms with Gasteiger partial charge >= 0.3 is 6.18 Å². The zero-order valence-electron chi connectivity index (χ0n) is 13.6. The second-order valence-electron chi connectivity index (χ2n) is 6.03. The second kappa shape index (κ2) is 6.89. The fraction of sp³-hybridized carbons (Fsp3) is 0.571. The first kappa shape index (κ1) is 19.6. The number of hydrogen-bond donors (Lipinski definition) is 1. The summed E-state index contributed by atoms with van der Waals surface area (Å²) in [7, 11) is -0.815. The number of amides is 1. The monoisotopic (exact) mass is 381 g/mol. The van der Waals surface area contributed by atoms with Crippen LogP contribution in [0.25, 0.3) is 0 Å². The summed E-state index contributed by atoms with van der Waals surface area (Å²) in [5.41, 5.74) is -1.17. The molecule has 0 saturated carbocycles. The highest BCUT2D eigenvalue weighted by molar-refractivity contribution is 7.89. The Labute approximate surface area is 143 Å². The number of rotatable bonds is 4. The van der Waals surface area contributed by atoms with Crippen LogP contribution in [0, 0.1) is 5.92 Å². The van der Waals surface area contributed by atoms with Gasteiger partial charge < -0.3 is 10.0 Å². The summed E-state index contributed by atoms with van der Waals surface area (Å²) in [4.78, 5) is 16.8. The standard InChI is InChI=1S/C14H18F3N3O4S/c1-19(2)25(23,24)8-10-6-20(7-11(10)21)13(22)9-3-4-12(18-5-9)14(15,16)17/h3-5,10-11,21H,6-8H2,1-2H3/t10-,11-/m0/s1. The number of carbonyl (C=O) groups is 1. The quantitative estimate of drug-likeness (QED) is 0.817. The van der Waals surface area contributed by atoms with Crippen molar-refractivity contribution in [1.82, 2.24) is 14.2 Å². The van der Waals surface area contributed by atoms with Crippen LogP contribution < -0.4 is 0 Å². The minimum atomic E-state index is -4.60. The van der Waals surface area contributed by atoms with Gasteiger partial charge in [0.25, 0.3) is 5.91 Å². The number of hydrogen-bond acceptors (Lipinski definition) is 5. The van der Waals surface area contributed by atoms with Crippen LogP contribution in [-0.4, -0.2) is 72.7 Å². The van der Waals surface area contributed by atoms with E-state index in [0.717, 1.165) is 16.6 Å². The van der Waals surface area contributed by atoms with Crippen LogP contribution in [0.15, 0.2) is 18.3 Å². The lowest BCUT2D eigenvalue weighted by molar-refractivity contribution is -0.141. The van der Waals surface area contributed by atoms with Gasteiger partial charge in [-0.3, -0.25) is 9.78 Å². The molecule has 1 N–H and O–H groups in total. The van der Waals surface area contributed by atoms with E-state index in [2.05, 4.69) is 4.98 Å². The first-order chi connectivity index (χ1) is 11.4. The normalized spacial score (nSPS) is 21.8. The van der Waals surface area contributed by atoms with Crippen molar-refractivity contribution in [3.63, 3.8) is 0 Å². The molecule has 2 atom stereocenters. The Kier molecular flexibility index (Phi) is 5.40. The zero-order valence-corrected chi connectivity index (χ0v) is 14.4. The van der Waals surface area contributed by atoms with E-state index >= 15 is 0 Å². The number of aromatic nitrogens is 1. The van der Waals surface area contributed by atoms with Crippen LogP contribution in [0.5, 0.6) is 0 Å². The van der Waals surface area contributed by atoms with Gasteiger partial charge in [0, 0.05) is 39.3 Å². The third-order valence-electron chi connectivity index (χ3n) is 3.98. The Balaban J connectivity index is 2.09. The fourth-order valence-corrected chi connectivity index (χ4v) is 3.64. The highest BCUT2D eigenvalue weighted by atomic mass is 32.2. The largest absolute Gasteiger partial charge is 0.433 e. The van der Waals surface area contributed by atoms with E-state index in [1.54, 1.807) is 0 Å². The van der Waals surface area contributed by atoms with Gasteiger partial charge in [-0.1, -0.05) is 0 Å². The molecule has 1 fully saturated rings. The highest BCUT2D eigenvalue weighted by Gasteiger charge is 2.38. The van der Waals surface area contributed by atoms with Gasteiger partial charge in [-0.05, 0) is 12.1 Å². The molecule has 2 heterocycles. The first-order valence-electron chi connectivity index (χ1n) is 7.32. The third kappa shape index (κ3) is 4.47. The molecule has 0 aliphatic carbocycles. The average Bonchev–Trinajstić information content (AvgIpc) is 2.86.